The van der Waals surface area contributed by atoms with Gasteiger partial charge in [0.15, 0.2) is 11.5 Å². The summed E-state index contributed by atoms with van der Waals surface area (Å²) in [6, 6.07) is 16.0. The molecule has 3 rings (SSSR count). The van der Waals surface area contributed by atoms with Crippen LogP contribution in [-0.4, -0.2) is 17.1 Å². The van der Waals surface area contributed by atoms with Gasteiger partial charge in [-0.25, -0.2) is 0 Å². The third kappa shape index (κ3) is 3.42. The van der Waals surface area contributed by atoms with Crippen LogP contribution >= 0.6 is 0 Å². The van der Waals surface area contributed by atoms with E-state index in [1.54, 1.807) is 6.07 Å². The van der Waals surface area contributed by atoms with E-state index < -0.39 is 0 Å². The largest absolute Gasteiger partial charge is 0.355 e. The lowest BCUT2D eigenvalue weighted by Crippen LogP contribution is -2.32. The van der Waals surface area contributed by atoms with E-state index in [0.717, 1.165) is 23.8 Å². The molecule has 118 valence electrons. The average molecular weight is 308 g/mol. The van der Waals surface area contributed by atoms with Crippen LogP contribution in [0.15, 0.2) is 53.1 Å². The first-order valence-corrected chi connectivity index (χ1v) is 7.94. The molecule has 0 aliphatic rings. The van der Waals surface area contributed by atoms with Crippen molar-refractivity contribution in [1.82, 2.24) is 10.5 Å². The van der Waals surface area contributed by atoms with E-state index in [4.69, 9.17) is 4.52 Å². The zero-order valence-electron chi connectivity index (χ0n) is 13.4. The predicted octanol–water partition coefficient (Wildman–Crippen LogP) is 4.41. The standard InChI is InChI=1S/C19H20N2O2/c1-3-6-13(2)20-19(22)17-12-18(23-21-17)16-10-9-14-7-4-5-8-15(14)11-16/h4-5,7-13H,3,6H2,1-2H3,(H,20,22)/t13-/m0/s1. The quantitative estimate of drug-likeness (QED) is 0.759. The van der Waals surface area contributed by atoms with E-state index in [9.17, 15) is 4.79 Å². The monoisotopic (exact) mass is 308 g/mol. The Bertz CT molecular complexity index is 823. The SMILES string of the molecule is CCC[C@H](C)NC(=O)c1cc(-c2ccc3ccccc3c2)on1. The topological polar surface area (TPSA) is 55.1 Å². The summed E-state index contributed by atoms with van der Waals surface area (Å²) in [7, 11) is 0. The van der Waals surface area contributed by atoms with Crippen molar-refractivity contribution in [3.8, 4) is 11.3 Å². The molecular formula is C19H20N2O2. The number of carbonyl (C=O) groups is 1. The first-order chi connectivity index (χ1) is 11.2. The number of nitrogens with one attached hydrogen (secondary N) is 1. The summed E-state index contributed by atoms with van der Waals surface area (Å²) in [5.41, 5.74) is 1.23. The Morgan fingerprint density at radius 3 is 2.74 bits per heavy atom. The Balaban J connectivity index is 1.81. The van der Waals surface area contributed by atoms with Crippen LogP contribution in [0.1, 0.15) is 37.2 Å². The maximum atomic E-state index is 12.2. The zero-order chi connectivity index (χ0) is 16.2. The summed E-state index contributed by atoms with van der Waals surface area (Å²) in [6.07, 6.45) is 1.98. The zero-order valence-corrected chi connectivity index (χ0v) is 13.4. The molecule has 4 heteroatoms. The lowest BCUT2D eigenvalue weighted by Gasteiger charge is -2.10. The molecule has 0 saturated heterocycles. The second kappa shape index (κ2) is 6.65. The number of aromatic nitrogens is 1. The third-order valence-corrected chi connectivity index (χ3v) is 3.88. The van der Waals surface area contributed by atoms with Gasteiger partial charge in [-0.3, -0.25) is 4.79 Å². The van der Waals surface area contributed by atoms with Crippen molar-refractivity contribution in [3.05, 3.63) is 54.2 Å². The summed E-state index contributed by atoms with van der Waals surface area (Å²) in [4.78, 5) is 12.2. The minimum absolute atomic E-state index is 0.133. The Morgan fingerprint density at radius 1 is 1.17 bits per heavy atom. The van der Waals surface area contributed by atoms with Crippen LogP contribution in [0.5, 0.6) is 0 Å². The fraction of sp³-hybridized carbons (Fsp3) is 0.263. The average Bonchev–Trinajstić information content (AvgIpc) is 3.04. The predicted molar refractivity (Wildman–Crippen MR) is 91.3 cm³/mol. The summed E-state index contributed by atoms with van der Waals surface area (Å²) < 4.78 is 5.35. The summed E-state index contributed by atoms with van der Waals surface area (Å²) in [5, 5.41) is 9.13. The highest BCUT2D eigenvalue weighted by molar-refractivity contribution is 5.93. The Morgan fingerprint density at radius 2 is 1.96 bits per heavy atom. The normalized spacial score (nSPS) is 12.3. The fourth-order valence-electron chi connectivity index (χ4n) is 2.66. The second-order valence-electron chi connectivity index (χ2n) is 5.80. The van der Waals surface area contributed by atoms with Gasteiger partial charge in [-0.2, -0.15) is 0 Å². The summed E-state index contributed by atoms with van der Waals surface area (Å²) in [6.45, 7) is 4.09. The first kappa shape index (κ1) is 15.3. The van der Waals surface area contributed by atoms with Crippen molar-refractivity contribution < 1.29 is 9.32 Å². The Hall–Kier alpha value is -2.62. The van der Waals surface area contributed by atoms with Crippen LogP contribution in [-0.2, 0) is 0 Å². The van der Waals surface area contributed by atoms with E-state index in [-0.39, 0.29) is 11.9 Å². The van der Waals surface area contributed by atoms with Crippen LogP contribution < -0.4 is 5.32 Å². The molecule has 1 amide bonds. The number of rotatable bonds is 5. The molecule has 3 aromatic rings. The third-order valence-electron chi connectivity index (χ3n) is 3.88. The van der Waals surface area contributed by atoms with Crippen molar-refractivity contribution in [3.63, 3.8) is 0 Å². The van der Waals surface area contributed by atoms with Gasteiger partial charge in [0.2, 0.25) is 0 Å². The molecule has 0 fully saturated rings. The molecule has 0 aliphatic heterocycles. The van der Waals surface area contributed by atoms with E-state index in [1.165, 1.54) is 5.39 Å². The number of nitrogens with zero attached hydrogens (tertiary/aromatic N) is 1. The van der Waals surface area contributed by atoms with Crippen LogP contribution in [0, 0.1) is 0 Å². The fourth-order valence-corrected chi connectivity index (χ4v) is 2.66. The molecule has 1 atom stereocenters. The van der Waals surface area contributed by atoms with E-state index >= 15 is 0 Å². The molecule has 2 aromatic carbocycles. The van der Waals surface area contributed by atoms with Crippen LogP contribution in [0.3, 0.4) is 0 Å². The van der Waals surface area contributed by atoms with Crippen LogP contribution in [0.4, 0.5) is 0 Å². The van der Waals surface area contributed by atoms with Crippen molar-refractivity contribution in [1.29, 1.82) is 0 Å². The molecule has 0 aliphatic carbocycles. The van der Waals surface area contributed by atoms with Crippen molar-refractivity contribution >= 4 is 16.7 Å². The van der Waals surface area contributed by atoms with Gasteiger partial charge in [-0.1, -0.05) is 54.9 Å². The number of benzene rings is 2. The van der Waals surface area contributed by atoms with E-state index in [0.29, 0.717) is 11.5 Å². The molecule has 1 aromatic heterocycles. The van der Waals surface area contributed by atoms with Crippen molar-refractivity contribution in [2.75, 3.05) is 0 Å². The molecule has 0 bridgehead atoms. The van der Waals surface area contributed by atoms with Crippen molar-refractivity contribution in [2.45, 2.75) is 32.7 Å². The second-order valence-corrected chi connectivity index (χ2v) is 5.80. The van der Waals surface area contributed by atoms with Crippen LogP contribution in [0.25, 0.3) is 22.1 Å². The molecule has 1 heterocycles. The molecule has 23 heavy (non-hydrogen) atoms. The maximum Gasteiger partial charge on any atom is 0.273 e. The Labute approximate surface area is 135 Å². The smallest absolute Gasteiger partial charge is 0.273 e. The molecule has 0 saturated carbocycles. The molecule has 4 nitrogen and oxygen atoms in total. The number of hydrogen-bond acceptors (Lipinski definition) is 3. The van der Waals surface area contributed by atoms with Gasteiger partial charge in [-0.15, -0.1) is 0 Å². The van der Waals surface area contributed by atoms with Crippen LogP contribution in [0.2, 0.25) is 0 Å². The van der Waals surface area contributed by atoms with Crippen molar-refractivity contribution in [2.24, 2.45) is 0 Å². The van der Waals surface area contributed by atoms with Gasteiger partial charge < -0.3 is 9.84 Å². The summed E-state index contributed by atoms with van der Waals surface area (Å²) >= 11 is 0. The van der Waals surface area contributed by atoms with E-state index in [2.05, 4.69) is 29.5 Å². The molecular weight excluding hydrogens is 288 g/mol. The minimum atomic E-state index is -0.193. The summed E-state index contributed by atoms with van der Waals surface area (Å²) in [5.74, 6) is 0.408. The molecule has 0 spiro atoms. The van der Waals surface area contributed by atoms with Gasteiger partial charge in [0.05, 0.1) is 0 Å². The highest BCUT2D eigenvalue weighted by Crippen LogP contribution is 2.25. The first-order valence-electron chi connectivity index (χ1n) is 7.94. The van der Waals surface area contributed by atoms with Gasteiger partial charge in [0.25, 0.3) is 5.91 Å². The molecule has 0 unspecified atom stereocenters. The Kier molecular flexibility index (Phi) is 4.42. The minimum Gasteiger partial charge on any atom is -0.355 e. The lowest BCUT2D eigenvalue weighted by molar-refractivity contribution is 0.0929. The van der Waals surface area contributed by atoms with Gasteiger partial charge >= 0.3 is 0 Å². The molecule has 0 radical (unpaired) electrons. The number of hydrogen-bond donors (Lipinski definition) is 1. The van der Waals surface area contributed by atoms with Gasteiger partial charge in [0.1, 0.15) is 0 Å². The lowest BCUT2D eigenvalue weighted by atomic mass is 10.1. The number of fused-ring (bicyclic) bond motifs is 1. The number of carbonyl (C=O) groups excluding carboxylic acids is 1. The highest BCUT2D eigenvalue weighted by Gasteiger charge is 2.15. The highest BCUT2D eigenvalue weighted by atomic mass is 16.5. The maximum absolute atomic E-state index is 12.2. The van der Waals surface area contributed by atoms with Gasteiger partial charge in [-0.05, 0) is 30.2 Å². The number of amides is 1. The van der Waals surface area contributed by atoms with Gasteiger partial charge in [0, 0.05) is 17.7 Å². The van der Waals surface area contributed by atoms with E-state index in [1.807, 2.05) is 37.3 Å². The molecule has 1 N–H and O–H groups in total.